The third-order valence-corrected chi connectivity index (χ3v) is 2.41. The average Bonchev–Trinajstić information content (AvgIpc) is 2.05. The van der Waals surface area contributed by atoms with Gasteiger partial charge in [0.1, 0.15) is 5.82 Å². The van der Waals surface area contributed by atoms with Crippen LogP contribution in [0.25, 0.3) is 0 Å². The van der Waals surface area contributed by atoms with Gasteiger partial charge in [0.2, 0.25) is 10.3 Å². The van der Waals surface area contributed by atoms with Crippen LogP contribution in [0.15, 0.2) is 6.20 Å². The molecule has 0 bridgehead atoms. The van der Waals surface area contributed by atoms with Gasteiger partial charge in [-0.15, -0.1) is 11.6 Å². The van der Waals surface area contributed by atoms with Crippen molar-refractivity contribution in [1.82, 2.24) is 9.97 Å². The van der Waals surface area contributed by atoms with Crippen molar-refractivity contribution in [3.63, 3.8) is 0 Å². The van der Waals surface area contributed by atoms with E-state index in [1.807, 2.05) is 0 Å². The fourth-order valence-corrected chi connectivity index (χ4v) is 1.44. The van der Waals surface area contributed by atoms with Gasteiger partial charge in [0, 0.05) is 0 Å². The predicted molar refractivity (Wildman–Crippen MR) is 45.3 cm³/mol. The van der Waals surface area contributed by atoms with Gasteiger partial charge in [-0.3, -0.25) is 0 Å². The predicted octanol–water partition coefficient (Wildman–Crippen LogP) is 1.21. The van der Waals surface area contributed by atoms with Crippen LogP contribution in [0.3, 0.4) is 0 Å². The van der Waals surface area contributed by atoms with Crippen LogP contribution in [0.2, 0.25) is 5.02 Å². The lowest BCUT2D eigenvalue weighted by Gasteiger charge is -1.93. The summed E-state index contributed by atoms with van der Waals surface area (Å²) in [4.78, 5) is 6.22. The van der Waals surface area contributed by atoms with Crippen LogP contribution < -0.4 is 0 Å². The lowest BCUT2D eigenvalue weighted by molar-refractivity contribution is 0.624. The maximum absolute atomic E-state index is 10.5. The van der Waals surface area contributed by atoms with Gasteiger partial charge in [-0.05, 0) is 0 Å². The lowest BCUT2D eigenvalue weighted by atomic mass is 10.6. The maximum Gasteiger partial charge on any atom is 0.239 e. The Morgan fingerprint density at radius 2 is 2.25 bits per heavy atom. The minimum Gasteiger partial charge on any atom is -0.329 e. The molecule has 0 spiro atoms. The number of nitrogens with one attached hydrogen (secondary N) is 1. The summed E-state index contributed by atoms with van der Waals surface area (Å²) in [6.07, 6.45) is 1.24. The number of H-pyrrole nitrogens is 1. The quantitative estimate of drug-likeness (QED) is 0.579. The van der Waals surface area contributed by atoms with Crippen LogP contribution in [0.1, 0.15) is 5.82 Å². The molecule has 66 valence electrons. The number of hydrogen-bond donors (Lipinski definition) is 1. The van der Waals surface area contributed by atoms with Crippen LogP contribution in [0.5, 0.6) is 0 Å². The Labute approximate surface area is 79.7 Å². The molecule has 0 atom stereocenters. The smallest absolute Gasteiger partial charge is 0.239 e. The second kappa shape index (κ2) is 3.93. The van der Waals surface area contributed by atoms with Crippen LogP contribution in [-0.2, 0) is 16.2 Å². The molecule has 1 N–H and O–H groups in total. The van der Waals surface area contributed by atoms with Crippen molar-refractivity contribution < 1.29 is 8.42 Å². The first-order valence-corrected chi connectivity index (χ1v) is 4.86. The van der Waals surface area contributed by atoms with Crippen molar-refractivity contribution in [3.05, 3.63) is 21.7 Å². The lowest BCUT2D eigenvalue weighted by Crippen LogP contribution is -1.92. The van der Waals surface area contributed by atoms with Gasteiger partial charge in [-0.2, -0.15) is 8.42 Å². The molecule has 0 radical (unpaired) electrons. The standard InChI is InChI=1S/C5H4Cl2N2O2S/c6-1-4-8-2-3(7)5(9-4)12(10)11/h2H,1H2,(H,8,9). The minimum absolute atomic E-state index is 0.0530. The number of aromatic nitrogens is 2. The first-order chi connectivity index (χ1) is 5.65. The maximum atomic E-state index is 10.5. The van der Waals surface area contributed by atoms with Gasteiger partial charge in [0.25, 0.3) is 0 Å². The number of aromatic amines is 1. The molecule has 1 aromatic rings. The van der Waals surface area contributed by atoms with Gasteiger partial charge >= 0.3 is 0 Å². The van der Waals surface area contributed by atoms with Gasteiger partial charge in [-0.25, -0.2) is 4.98 Å². The fourth-order valence-electron chi connectivity index (χ4n) is 0.605. The third kappa shape index (κ3) is 2.00. The summed E-state index contributed by atoms with van der Waals surface area (Å²) in [7, 11) is -2.39. The van der Waals surface area contributed by atoms with E-state index >= 15 is 0 Å². The first kappa shape index (κ1) is 9.57. The van der Waals surface area contributed by atoms with E-state index in [2.05, 4.69) is 9.97 Å². The van der Waals surface area contributed by atoms with E-state index in [4.69, 9.17) is 23.2 Å². The number of halogens is 2. The second-order valence-electron chi connectivity index (χ2n) is 1.88. The van der Waals surface area contributed by atoms with Crippen LogP contribution >= 0.6 is 23.2 Å². The minimum atomic E-state index is -2.39. The molecule has 4 nitrogen and oxygen atoms in total. The molecular formula is C5H4Cl2N2O2S. The van der Waals surface area contributed by atoms with Crippen LogP contribution in [0, 0.1) is 4.64 Å². The highest BCUT2D eigenvalue weighted by atomic mass is 35.5. The highest BCUT2D eigenvalue weighted by molar-refractivity contribution is 7.63. The molecule has 1 heterocycles. The van der Waals surface area contributed by atoms with E-state index in [9.17, 15) is 8.42 Å². The van der Waals surface area contributed by atoms with Crippen molar-refractivity contribution >= 4 is 33.5 Å². The summed E-state index contributed by atoms with van der Waals surface area (Å²) < 4.78 is 20.9. The Morgan fingerprint density at radius 1 is 1.58 bits per heavy atom. The van der Waals surface area contributed by atoms with Crippen molar-refractivity contribution in [2.75, 3.05) is 0 Å². The molecule has 0 saturated heterocycles. The topological polar surface area (TPSA) is 62.8 Å². The summed E-state index contributed by atoms with van der Waals surface area (Å²) >= 11 is 10.9. The monoisotopic (exact) mass is 226 g/mol. The fraction of sp³-hybridized carbons (Fsp3) is 0.200. The van der Waals surface area contributed by atoms with E-state index < -0.39 is 10.3 Å². The molecule has 0 unspecified atom stereocenters. The largest absolute Gasteiger partial charge is 0.329 e. The normalized spacial score (nSPS) is 9.83. The molecule has 0 fully saturated rings. The summed E-state index contributed by atoms with van der Waals surface area (Å²) in [6.45, 7) is 0. The van der Waals surface area contributed by atoms with E-state index in [1.54, 1.807) is 0 Å². The molecule has 1 aromatic heterocycles. The van der Waals surface area contributed by atoms with E-state index in [1.165, 1.54) is 6.20 Å². The van der Waals surface area contributed by atoms with Gasteiger partial charge in [0.15, 0.2) is 4.64 Å². The Bertz CT molecular complexity index is 443. The molecule has 0 aromatic carbocycles. The van der Waals surface area contributed by atoms with Crippen LogP contribution in [-0.4, -0.2) is 18.4 Å². The number of alkyl halides is 1. The van der Waals surface area contributed by atoms with E-state index in [0.29, 0.717) is 5.82 Å². The molecule has 0 amide bonds. The molecule has 0 saturated carbocycles. The van der Waals surface area contributed by atoms with Gasteiger partial charge < -0.3 is 4.98 Å². The molecule has 7 heteroatoms. The zero-order chi connectivity index (χ0) is 9.14. The highest BCUT2D eigenvalue weighted by Gasteiger charge is 1.97. The molecule has 0 aliphatic carbocycles. The zero-order valence-corrected chi connectivity index (χ0v) is 8.04. The SMILES string of the molecule is O=S(=O)=c1[nH]c(CCl)ncc1Cl. The Balaban J connectivity index is 3.60. The molecule has 1 rings (SSSR count). The van der Waals surface area contributed by atoms with Crippen molar-refractivity contribution in [1.29, 1.82) is 0 Å². The Kier molecular flexibility index (Phi) is 3.13. The van der Waals surface area contributed by atoms with Crippen molar-refractivity contribution in [2.24, 2.45) is 0 Å². The summed E-state index contributed by atoms with van der Waals surface area (Å²) in [5, 5.41) is 0.0530. The van der Waals surface area contributed by atoms with Crippen molar-refractivity contribution in [3.8, 4) is 0 Å². The van der Waals surface area contributed by atoms with E-state index in [0.717, 1.165) is 0 Å². The summed E-state index contributed by atoms with van der Waals surface area (Å²) in [5.41, 5.74) is 0. The van der Waals surface area contributed by atoms with Crippen molar-refractivity contribution in [2.45, 2.75) is 5.88 Å². The molecule has 0 aliphatic heterocycles. The van der Waals surface area contributed by atoms with Gasteiger partial charge in [0.05, 0.1) is 17.1 Å². The van der Waals surface area contributed by atoms with Crippen LogP contribution in [0.4, 0.5) is 0 Å². The van der Waals surface area contributed by atoms with E-state index in [-0.39, 0.29) is 15.5 Å². The Hall–Kier alpha value is -0.520. The number of nitrogens with zero attached hydrogens (tertiary/aromatic N) is 1. The summed E-state index contributed by atoms with van der Waals surface area (Å²) in [6, 6.07) is 0. The second-order valence-corrected chi connectivity index (χ2v) is 3.43. The number of hydrogen-bond acceptors (Lipinski definition) is 3. The Morgan fingerprint density at radius 3 is 2.75 bits per heavy atom. The third-order valence-electron chi connectivity index (χ3n) is 1.10. The zero-order valence-electron chi connectivity index (χ0n) is 5.71. The molecule has 12 heavy (non-hydrogen) atoms. The summed E-state index contributed by atoms with van der Waals surface area (Å²) in [5.74, 6) is 0.474. The first-order valence-electron chi connectivity index (χ1n) is 2.87. The van der Waals surface area contributed by atoms with Gasteiger partial charge in [-0.1, -0.05) is 11.6 Å². The highest BCUT2D eigenvalue weighted by Crippen LogP contribution is 2.06. The number of rotatable bonds is 1. The molecule has 0 aliphatic rings. The average molecular weight is 227 g/mol. The molecular weight excluding hydrogens is 223 g/mol.